The summed E-state index contributed by atoms with van der Waals surface area (Å²) in [4.78, 5) is 30.6. The van der Waals surface area contributed by atoms with Crippen molar-refractivity contribution in [3.63, 3.8) is 0 Å². The van der Waals surface area contributed by atoms with Crippen LogP contribution in [0.5, 0.6) is 0 Å². The number of nitrogens with one attached hydrogen (secondary N) is 1. The Hall–Kier alpha value is -5.09. The lowest BCUT2D eigenvalue weighted by atomic mass is 9.93. The lowest BCUT2D eigenvalue weighted by Gasteiger charge is -2.16. The van der Waals surface area contributed by atoms with Gasteiger partial charge >= 0.3 is 5.97 Å². The van der Waals surface area contributed by atoms with Crippen LogP contribution < -0.4 is 14.9 Å². The summed E-state index contributed by atoms with van der Waals surface area (Å²) < 4.78 is 3.10. The van der Waals surface area contributed by atoms with E-state index in [1.54, 1.807) is 29.1 Å². The SMILES string of the molecule is CO[n+]1cc(-c2cc(Cl)ccc2-n2cnnn2)ccc1[C@H](Cc1ccccc1)C(=O)Nc1ccc(C(=O)O)cc1. The minimum Gasteiger partial charge on any atom is -0.478 e. The zero-order valence-corrected chi connectivity index (χ0v) is 22.1. The van der Waals surface area contributed by atoms with Crippen LogP contribution in [0.15, 0.2) is 97.5 Å². The Morgan fingerprint density at radius 1 is 1.05 bits per heavy atom. The fourth-order valence-corrected chi connectivity index (χ4v) is 4.57. The first-order chi connectivity index (χ1) is 19.4. The summed E-state index contributed by atoms with van der Waals surface area (Å²) in [5.41, 5.74) is 4.44. The molecule has 0 aliphatic carbocycles. The molecule has 0 aliphatic heterocycles. The molecule has 0 spiro atoms. The molecule has 0 saturated carbocycles. The van der Waals surface area contributed by atoms with Gasteiger partial charge in [-0.1, -0.05) is 41.9 Å². The smallest absolute Gasteiger partial charge is 0.335 e. The van der Waals surface area contributed by atoms with E-state index in [9.17, 15) is 14.7 Å². The Labute approximate surface area is 234 Å². The van der Waals surface area contributed by atoms with Gasteiger partial charge in [-0.2, -0.15) is 4.68 Å². The molecule has 0 fully saturated rings. The number of halogens is 1. The summed E-state index contributed by atoms with van der Waals surface area (Å²) in [6.07, 6.45) is 3.67. The third-order valence-electron chi connectivity index (χ3n) is 6.36. The highest BCUT2D eigenvalue weighted by molar-refractivity contribution is 6.31. The standard InChI is InChI=1S/C29H23ClN6O4/c1-40-36-17-21(24-16-22(30)10-14-26(24)35-18-31-33-34-35)9-13-27(36)25(15-19-5-3-2-4-6-19)28(37)32-23-11-7-20(8-12-23)29(38)39/h2-14,16-18,25H,15H2,1H3,(H-,32,37,38,39)/p+1/t25-/m0/s1. The van der Waals surface area contributed by atoms with Gasteiger partial charge in [0.2, 0.25) is 17.8 Å². The predicted molar refractivity (Wildman–Crippen MR) is 147 cm³/mol. The van der Waals surface area contributed by atoms with Gasteiger partial charge in [0, 0.05) is 27.1 Å². The molecule has 11 heteroatoms. The molecule has 0 bridgehead atoms. The largest absolute Gasteiger partial charge is 0.478 e. The average molecular weight is 556 g/mol. The average Bonchev–Trinajstić information content (AvgIpc) is 3.51. The van der Waals surface area contributed by atoms with Crippen LogP contribution in [0, 0.1) is 0 Å². The van der Waals surface area contributed by atoms with Gasteiger partial charge in [-0.3, -0.25) is 9.63 Å². The van der Waals surface area contributed by atoms with Gasteiger partial charge < -0.3 is 10.4 Å². The van der Waals surface area contributed by atoms with Gasteiger partial charge in [0.05, 0.1) is 16.8 Å². The molecule has 2 aromatic heterocycles. The second-order valence-electron chi connectivity index (χ2n) is 8.88. The lowest BCUT2D eigenvalue weighted by Crippen LogP contribution is -2.47. The van der Waals surface area contributed by atoms with Crippen LogP contribution in [0.3, 0.4) is 0 Å². The van der Waals surface area contributed by atoms with Gasteiger partial charge in [-0.05, 0) is 70.9 Å². The number of hydrogen-bond donors (Lipinski definition) is 2. The first-order valence-corrected chi connectivity index (χ1v) is 12.6. The quantitative estimate of drug-likeness (QED) is 0.264. The highest BCUT2D eigenvalue weighted by Crippen LogP contribution is 2.30. The highest BCUT2D eigenvalue weighted by atomic mass is 35.5. The fraction of sp³-hybridized carbons (Fsp3) is 0.103. The van der Waals surface area contributed by atoms with Crippen molar-refractivity contribution < 1.29 is 24.3 Å². The molecule has 0 unspecified atom stereocenters. The molecule has 40 heavy (non-hydrogen) atoms. The Kier molecular flexibility index (Phi) is 7.79. The van der Waals surface area contributed by atoms with E-state index >= 15 is 0 Å². The molecule has 3 aromatic carbocycles. The number of tetrazole rings is 1. The Morgan fingerprint density at radius 2 is 1.82 bits per heavy atom. The number of carboxylic acids is 1. The van der Waals surface area contributed by atoms with Crippen molar-refractivity contribution in [1.29, 1.82) is 0 Å². The molecule has 0 radical (unpaired) electrons. The number of benzene rings is 3. The van der Waals surface area contributed by atoms with Crippen molar-refractivity contribution >= 4 is 29.2 Å². The third kappa shape index (κ3) is 5.82. The molecule has 2 heterocycles. The predicted octanol–water partition coefficient (Wildman–Crippen LogP) is 3.99. The Morgan fingerprint density at radius 3 is 2.50 bits per heavy atom. The van der Waals surface area contributed by atoms with Crippen molar-refractivity contribution in [1.82, 2.24) is 20.2 Å². The van der Waals surface area contributed by atoms with E-state index < -0.39 is 11.9 Å². The molecule has 10 nitrogen and oxygen atoms in total. The van der Waals surface area contributed by atoms with Crippen molar-refractivity contribution in [2.45, 2.75) is 12.3 Å². The summed E-state index contributed by atoms with van der Waals surface area (Å²) in [6.45, 7) is 0. The number of nitrogens with zero attached hydrogens (tertiary/aromatic N) is 5. The van der Waals surface area contributed by atoms with Gasteiger partial charge in [0.1, 0.15) is 19.4 Å². The number of aromatic carboxylic acids is 1. The van der Waals surface area contributed by atoms with Gasteiger partial charge in [-0.25, -0.2) is 4.79 Å². The molecule has 1 amide bonds. The zero-order chi connectivity index (χ0) is 28.1. The van der Waals surface area contributed by atoms with E-state index in [1.807, 2.05) is 54.6 Å². The Balaban J connectivity index is 1.53. The summed E-state index contributed by atoms with van der Waals surface area (Å²) in [6, 6.07) is 24.8. The van der Waals surface area contributed by atoms with Gasteiger partial charge in [-0.15, -0.1) is 5.10 Å². The van der Waals surface area contributed by atoms with Crippen LogP contribution in [0.4, 0.5) is 5.69 Å². The molecule has 1 atom stereocenters. The normalized spacial score (nSPS) is 11.6. The molecule has 0 aliphatic rings. The lowest BCUT2D eigenvalue weighted by molar-refractivity contribution is -0.890. The summed E-state index contributed by atoms with van der Waals surface area (Å²) in [5, 5.41) is 24.1. The summed E-state index contributed by atoms with van der Waals surface area (Å²) in [5.74, 6) is -1.96. The van der Waals surface area contributed by atoms with E-state index in [2.05, 4.69) is 20.8 Å². The molecule has 0 saturated heterocycles. The topological polar surface area (TPSA) is 123 Å². The maximum atomic E-state index is 13.7. The number of carbonyl (C=O) groups excluding carboxylic acids is 1. The van der Waals surface area contributed by atoms with Crippen molar-refractivity contribution in [3.8, 4) is 16.8 Å². The monoisotopic (exact) mass is 555 g/mol. The molecule has 5 aromatic rings. The van der Waals surface area contributed by atoms with Crippen LogP contribution in [0.2, 0.25) is 5.02 Å². The van der Waals surface area contributed by atoms with Crippen LogP contribution >= 0.6 is 11.6 Å². The second-order valence-corrected chi connectivity index (χ2v) is 9.32. The number of anilines is 1. The van der Waals surface area contributed by atoms with Crippen molar-refractivity contribution in [2.75, 3.05) is 12.4 Å². The Bertz CT molecular complexity index is 1640. The number of amides is 1. The number of pyridine rings is 1. The van der Waals surface area contributed by atoms with Crippen LogP contribution in [-0.2, 0) is 11.2 Å². The molecular formula is C29H24ClN6O4+. The molecule has 200 valence electrons. The number of carboxylic acid groups (broad SMARTS) is 1. The fourth-order valence-electron chi connectivity index (χ4n) is 4.40. The summed E-state index contributed by atoms with van der Waals surface area (Å²) >= 11 is 6.33. The van der Waals surface area contributed by atoms with E-state index in [1.165, 1.54) is 30.3 Å². The maximum absolute atomic E-state index is 13.7. The minimum absolute atomic E-state index is 0.133. The zero-order valence-electron chi connectivity index (χ0n) is 21.3. The van der Waals surface area contributed by atoms with Gasteiger partial charge in [0.25, 0.3) is 0 Å². The van der Waals surface area contributed by atoms with E-state index in [0.717, 1.165) is 16.7 Å². The van der Waals surface area contributed by atoms with Gasteiger partial charge in [0.15, 0.2) is 0 Å². The van der Waals surface area contributed by atoms with Crippen LogP contribution in [-0.4, -0.2) is 44.3 Å². The van der Waals surface area contributed by atoms with E-state index in [0.29, 0.717) is 28.5 Å². The first kappa shape index (κ1) is 26.5. The summed E-state index contributed by atoms with van der Waals surface area (Å²) in [7, 11) is 1.52. The maximum Gasteiger partial charge on any atom is 0.335 e. The van der Waals surface area contributed by atoms with Crippen molar-refractivity contribution in [2.24, 2.45) is 0 Å². The molecular weight excluding hydrogens is 532 g/mol. The number of rotatable bonds is 9. The van der Waals surface area contributed by atoms with Crippen molar-refractivity contribution in [3.05, 3.63) is 119 Å². The number of carbonyl (C=O) groups is 2. The number of aromatic nitrogens is 5. The molecule has 5 rings (SSSR count). The van der Waals surface area contributed by atoms with Crippen LogP contribution in [0.1, 0.15) is 27.5 Å². The second kappa shape index (κ2) is 11.7. The minimum atomic E-state index is -1.04. The van der Waals surface area contributed by atoms with Crippen LogP contribution in [0.25, 0.3) is 16.8 Å². The highest BCUT2D eigenvalue weighted by Gasteiger charge is 2.32. The number of hydrogen-bond acceptors (Lipinski definition) is 6. The first-order valence-electron chi connectivity index (χ1n) is 12.2. The molecule has 2 N–H and O–H groups in total. The van der Waals surface area contributed by atoms with E-state index in [-0.39, 0.29) is 11.5 Å². The van der Waals surface area contributed by atoms with E-state index in [4.69, 9.17) is 16.4 Å². The third-order valence-corrected chi connectivity index (χ3v) is 6.60.